The van der Waals surface area contributed by atoms with E-state index in [0.29, 0.717) is 6.61 Å². The molecule has 4 heteroatoms. The summed E-state index contributed by atoms with van der Waals surface area (Å²) in [4.78, 5) is 17.3. The second-order valence-electron chi connectivity index (χ2n) is 6.43. The van der Waals surface area contributed by atoms with Crippen LogP contribution in [0.25, 0.3) is 10.9 Å². The van der Waals surface area contributed by atoms with Crippen molar-refractivity contribution in [2.75, 3.05) is 13.7 Å². The summed E-state index contributed by atoms with van der Waals surface area (Å²) in [5, 5.41) is 0.994. The summed E-state index contributed by atoms with van der Waals surface area (Å²) in [7, 11) is 2.06. The first-order valence-electron chi connectivity index (χ1n) is 8.74. The van der Waals surface area contributed by atoms with E-state index in [1.54, 1.807) is 0 Å². The number of hydrogen-bond donors (Lipinski definition) is 2. The van der Waals surface area contributed by atoms with Gasteiger partial charge in [-0.25, -0.2) is 0 Å². The first-order chi connectivity index (χ1) is 12.1. The number of benzene rings is 2. The van der Waals surface area contributed by atoms with E-state index in [1.165, 1.54) is 10.5 Å². The monoisotopic (exact) mass is 337 g/mol. The highest BCUT2D eigenvalue weighted by Gasteiger charge is 2.25. The zero-order valence-electron chi connectivity index (χ0n) is 15.0. The van der Waals surface area contributed by atoms with Gasteiger partial charge in [-0.2, -0.15) is 0 Å². The second-order valence-corrected chi connectivity index (χ2v) is 6.43. The van der Waals surface area contributed by atoms with Gasteiger partial charge in [0.15, 0.2) is 0 Å². The van der Waals surface area contributed by atoms with E-state index in [-0.39, 0.29) is 11.8 Å². The molecule has 0 aliphatic heterocycles. The molecule has 0 radical (unpaired) electrons. The van der Waals surface area contributed by atoms with Gasteiger partial charge < -0.3 is 14.6 Å². The molecule has 0 aliphatic carbocycles. The van der Waals surface area contributed by atoms with Gasteiger partial charge in [-0.15, -0.1) is 0 Å². The van der Waals surface area contributed by atoms with Crippen LogP contribution in [0.2, 0.25) is 0 Å². The lowest BCUT2D eigenvalue weighted by atomic mass is 10.0. The van der Waals surface area contributed by atoms with Gasteiger partial charge in [0.2, 0.25) is 5.78 Å². The Morgan fingerprint density at radius 2 is 1.88 bits per heavy atom. The number of fused-ring (bicyclic) bond motifs is 1. The van der Waals surface area contributed by atoms with Crippen molar-refractivity contribution in [3.63, 3.8) is 0 Å². The molecule has 2 atom stereocenters. The molecule has 2 N–H and O–H groups in total. The summed E-state index contributed by atoms with van der Waals surface area (Å²) < 4.78 is 5.48. The number of para-hydroxylation sites is 1. The number of carbonyl (C=O) groups excluding carboxylic acids is 1. The number of aromatic nitrogens is 1. The summed E-state index contributed by atoms with van der Waals surface area (Å²) in [5.74, 6) is 1.05. The maximum Gasteiger partial charge on any atom is 0.221 e. The van der Waals surface area contributed by atoms with Crippen molar-refractivity contribution in [3.05, 3.63) is 65.9 Å². The number of quaternary nitrogens is 1. The minimum absolute atomic E-state index is 0.120. The Kier molecular flexibility index (Phi) is 5.19. The molecule has 0 saturated carbocycles. The van der Waals surface area contributed by atoms with Crippen molar-refractivity contribution in [2.24, 2.45) is 0 Å². The zero-order chi connectivity index (χ0) is 17.8. The molecule has 3 aromatic rings. The molecule has 0 aliphatic rings. The standard InChI is InChI=1S/C21H24N2O2/c1-4-25-17-11-9-16(10-12-17)14-23(3)15(2)21(24)19-13-22-20-8-6-5-7-18(19)20/h5-13,15,22H,4,14H2,1-3H3/p+1/t15-/m1/s1. The molecular formula is C21H25N2O2+. The van der Waals surface area contributed by atoms with Crippen LogP contribution in [-0.2, 0) is 6.54 Å². The fourth-order valence-electron chi connectivity index (χ4n) is 3.08. The van der Waals surface area contributed by atoms with Crippen LogP contribution >= 0.6 is 0 Å². The van der Waals surface area contributed by atoms with Crippen LogP contribution in [0.3, 0.4) is 0 Å². The SMILES string of the molecule is CCOc1ccc(C[NH+](C)[C@H](C)C(=O)c2c[nH]c3ccccc23)cc1. The molecular weight excluding hydrogens is 312 g/mol. The first kappa shape index (κ1) is 17.2. The van der Waals surface area contributed by atoms with Crippen molar-refractivity contribution in [2.45, 2.75) is 26.4 Å². The number of rotatable bonds is 7. The highest BCUT2D eigenvalue weighted by molar-refractivity contribution is 6.09. The minimum atomic E-state index is -0.120. The van der Waals surface area contributed by atoms with E-state index in [1.807, 2.05) is 56.4 Å². The molecule has 3 rings (SSSR count). The number of carbonyl (C=O) groups is 1. The summed E-state index contributed by atoms with van der Waals surface area (Å²) in [6.45, 7) is 5.43. The number of hydrogen-bond acceptors (Lipinski definition) is 2. The van der Waals surface area contributed by atoms with Crippen LogP contribution in [0.5, 0.6) is 5.75 Å². The number of ketones is 1. The maximum atomic E-state index is 12.9. The Balaban J connectivity index is 1.71. The normalized spacial score (nSPS) is 13.6. The summed E-state index contributed by atoms with van der Waals surface area (Å²) in [5.41, 5.74) is 2.97. The minimum Gasteiger partial charge on any atom is -0.494 e. The smallest absolute Gasteiger partial charge is 0.221 e. The Morgan fingerprint density at radius 3 is 2.60 bits per heavy atom. The van der Waals surface area contributed by atoms with E-state index < -0.39 is 0 Å². The molecule has 4 nitrogen and oxygen atoms in total. The first-order valence-corrected chi connectivity index (χ1v) is 8.74. The predicted molar refractivity (Wildman–Crippen MR) is 100 cm³/mol. The second kappa shape index (κ2) is 7.53. The van der Waals surface area contributed by atoms with Gasteiger partial charge in [0.05, 0.1) is 13.7 Å². The summed E-state index contributed by atoms with van der Waals surface area (Å²) in [6.07, 6.45) is 1.83. The third-order valence-electron chi connectivity index (χ3n) is 4.70. The zero-order valence-corrected chi connectivity index (χ0v) is 15.0. The van der Waals surface area contributed by atoms with E-state index >= 15 is 0 Å². The van der Waals surface area contributed by atoms with Crippen LogP contribution in [0.1, 0.15) is 29.8 Å². The van der Waals surface area contributed by atoms with Gasteiger partial charge in [0.25, 0.3) is 0 Å². The quantitative estimate of drug-likeness (QED) is 0.651. The van der Waals surface area contributed by atoms with Crippen molar-refractivity contribution in [1.29, 1.82) is 0 Å². The van der Waals surface area contributed by atoms with Crippen LogP contribution in [0, 0.1) is 0 Å². The van der Waals surface area contributed by atoms with E-state index in [9.17, 15) is 4.79 Å². The number of likely N-dealkylation sites (N-methyl/N-ethyl adjacent to an activating group) is 1. The number of aromatic amines is 1. The lowest BCUT2D eigenvalue weighted by Crippen LogP contribution is -3.12. The Hall–Kier alpha value is -2.59. The molecule has 0 saturated heterocycles. The third-order valence-corrected chi connectivity index (χ3v) is 4.70. The van der Waals surface area contributed by atoms with Crippen LogP contribution in [0.4, 0.5) is 0 Å². The predicted octanol–water partition coefficient (Wildman–Crippen LogP) is 2.85. The van der Waals surface area contributed by atoms with E-state index in [0.717, 1.165) is 28.8 Å². The van der Waals surface area contributed by atoms with Crippen LogP contribution in [0.15, 0.2) is 54.7 Å². The molecule has 1 heterocycles. The molecule has 2 aromatic carbocycles. The van der Waals surface area contributed by atoms with Gasteiger partial charge in [-0.3, -0.25) is 4.79 Å². The number of H-pyrrole nitrogens is 1. The molecule has 0 fully saturated rings. The van der Waals surface area contributed by atoms with Crippen molar-refractivity contribution in [1.82, 2.24) is 4.98 Å². The van der Waals surface area contributed by atoms with Crippen molar-refractivity contribution in [3.8, 4) is 5.75 Å². The Bertz CT molecular complexity index is 852. The maximum absolute atomic E-state index is 12.9. The average Bonchev–Trinajstić information content (AvgIpc) is 3.06. The van der Waals surface area contributed by atoms with E-state index in [4.69, 9.17) is 4.74 Å². The highest BCUT2D eigenvalue weighted by Crippen LogP contribution is 2.18. The van der Waals surface area contributed by atoms with Gasteiger partial charge in [-0.05, 0) is 44.2 Å². The molecule has 0 bridgehead atoms. The highest BCUT2D eigenvalue weighted by atomic mass is 16.5. The molecule has 1 unspecified atom stereocenters. The van der Waals surface area contributed by atoms with E-state index in [2.05, 4.69) is 24.2 Å². The van der Waals surface area contributed by atoms with Gasteiger partial charge in [0.1, 0.15) is 18.3 Å². The van der Waals surface area contributed by atoms with Gasteiger partial charge in [-0.1, -0.05) is 18.2 Å². The largest absolute Gasteiger partial charge is 0.494 e. The lowest BCUT2D eigenvalue weighted by molar-refractivity contribution is -0.907. The van der Waals surface area contributed by atoms with Crippen molar-refractivity contribution < 1.29 is 14.4 Å². The molecule has 0 spiro atoms. The molecule has 25 heavy (non-hydrogen) atoms. The molecule has 0 amide bonds. The Labute approximate surface area is 148 Å². The fraction of sp³-hybridized carbons (Fsp3) is 0.286. The summed E-state index contributed by atoms with van der Waals surface area (Å²) in [6, 6.07) is 15.9. The lowest BCUT2D eigenvalue weighted by Gasteiger charge is -2.20. The van der Waals surface area contributed by atoms with Crippen molar-refractivity contribution >= 4 is 16.7 Å². The Morgan fingerprint density at radius 1 is 1.16 bits per heavy atom. The third kappa shape index (κ3) is 3.74. The van der Waals surface area contributed by atoms with Gasteiger partial charge >= 0.3 is 0 Å². The fourth-order valence-corrected chi connectivity index (χ4v) is 3.08. The molecule has 130 valence electrons. The average molecular weight is 337 g/mol. The van der Waals surface area contributed by atoms with Crippen LogP contribution < -0.4 is 9.64 Å². The molecule has 1 aromatic heterocycles. The number of ether oxygens (including phenoxy) is 1. The number of nitrogens with one attached hydrogen (secondary N) is 2. The topological polar surface area (TPSA) is 46.5 Å². The number of Topliss-reactive ketones (excluding diaryl/α,β-unsaturated/α-hetero) is 1. The van der Waals surface area contributed by atoms with Crippen LogP contribution in [-0.4, -0.2) is 30.5 Å². The summed E-state index contributed by atoms with van der Waals surface area (Å²) >= 11 is 0. The van der Waals surface area contributed by atoms with Gasteiger partial charge in [0, 0.05) is 28.2 Å².